The van der Waals surface area contributed by atoms with Gasteiger partial charge in [0.2, 0.25) is 0 Å². The Kier molecular flexibility index (Phi) is 3.60. The molecule has 0 spiro atoms. The van der Waals surface area contributed by atoms with Crippen LogP contribution in [0.1, 0.15) is 53.4 Å². The summed E-state index contributed by atoms with van der Waals surface area (Å²) in [7, 11) is 0. The van der Waals surface area contributed by atoms with Gasteiger partial charge in [-0.25, -0.2) is 0 Å². The van der Waals surface area contributed by atoms with Crippen LogP contribution < -0.4 is 0 Å². The number of rotatable bonds is 1. The minimum Gasteiger partial charge on any atom is -0.381 e. The van der Waals surface area contributed by atoms with E-state index in [0.29, 0.717) is 6.42 Å². The molecule has 3 saturated carbocycles. The van der Waals surface area contributed by atoms with Crippen molar-refractivity contribution in [3.8, 4) is 0 Å². The number of hydrogen-bond donors (Lipinski definition) is 1. The minimum atomic E-state index is -1.39. The first-order valence-corrected chi connectivity index (χ1v) is 9.76. The summed E-state index contributed by atoms with van der Waals surface area (Å²) < 4.78 is 0. The van der Waals surface area contributed by atoms with E-state index in [1.807, 2.05) is 13.0 Å². The van der Waals surface area contributed by atoms with Crippen molar-refractivity contribution in [3.63, 3.8) is 0 Å². The Morgan fingerprint density at radius 1 is 1.27 bits per heavy atom. The van der Waals surface area contributed by atoms with E-state index in [2.05, 4.69) is 13.8 Å². The Morgan fingerprint density at radius 2 is 1.96 bits per heavy atom. The maximum absolute atomic E-state index is 13.4. The average Bonchev–Trinajstić information content (AvgIpc) is 2.81. The van der Waals surface area contributed by atoms with Gasteiger partial charge in [-0.3, -0.25) is 14.4 Å². The minimum absolute atomic E-state index is 0.00249. The molecule has 1 N–H and O–H groups in total. The van der Waals surface area contributed by atoms with Gasteiger partial charge in [-0.1, -0.05) is 32.4 Å². The number of carbonyl (C=O) groups excluding carboxylic acids is 3. The van der Waals surface area contributed by atoms with Gasteiger partial charge in [-0.15, -0.1) is 0 Å². The molecule has 4 aliphatic carbocycles. The maximum atomic E-state index is 13.4. The van der Waals surface area contributed by atoms with Gasteiger partial charge in [0.25, 0.3) is 0 Å². The average molecular weight is 356 g/mol. The van der Waals surface area contributed by atoms with Crippen molar-refractivity contribution in [3.05, 3.63) is 23.8 Å². The van der Waals surface area contributed by atoms with E-state index in [4.69, 9.17) is 0 Å². The van der Waals surface area contributed by atoms with Crippen molar-refractivity contribution in [2.24, 2.45) is 34.5 Å². The Bertz CT molecular complexity index is 777. The number of ketones is 3. The van der Waals surface area contributed by atoms with Crippen LogP contribution in [0.2, 0.25) is 0 Å². The van der Waals surface area contributed by atoms with E-state index in [0.717, 1.165) is 18.4 Å². The fraction of sp³-hybridized carbons (Fsp3) is 0.682. The van der Waals surface area contributed by atoms with E-state index >= 15 is 0 Å². The molecule has 0 unspecified atom stereocenters. The predicted molar refractivity (Wildman–Crippen MR) is 97.2 cm³/mol. The van der Waals surface area contributed by atoms with Crippen molar-refractivity contribution >= 4 is 17.3 Å². The molecule has 0 radical (unpaired) electrons. The highest BCUT2D eigenvalue weighted by atomic mass is 16.3. The van der Waals surface area contributed by atoms with Crippen LogP contribution in [0, 0.1) is 34.5 Å². The van der Waals surface area contributed by atoms with E-state index < -0.39 is 16.4 Å². The van der Waals surface area contributed by atoms with Crippen molar-refractivity contribution < 1.29 is 19.5 Å². The van der Waals surface area contributed by atoms with Crippen LogP contribution in [0.5, 0.6) is 0 Å². The lowest BCUT2D eigenvalue weighted by Crippen LogP contribution is -2.60. The summed E-state index contributed by atoms with van der Waals surface area (Å²) in [5.41, 5.74) is -1.42. The lowest BCUT2D eigenvalue weighted by Gasteiger charge is -2.58. The highest BCUT2D eigenvalue weighted by Gasteiger charge is 2.68. The molecule has 7 atom stereocenters. The van der Waals surface area contributed by atoms with Crippen molar-refractivity contribution in [1.29, 1.82) is 0 Å². The molecule has 0 aliphatic heterocycles. The molecule has 4 aliphatic rings. The molecule has 4 heteroatoms. The largest absolute Gasteiger partial charge is 0.381 e. The topological polar surface area (TPSA) is 71.4 Å². The highest BCUT2D eigenvalue weighted by molar-refractivity contribution is 6.02. The summed E-state index contributed by atoms with van der Waals surface area (Å²) in [6.07, 6.45) is 7.57. The Labute approximate surface area is 154 Å². The van der Waals surface area contributed by atoms with E-state index in [-0.39, 0.29) is 47.4 Å². The second-order valence-electron chi connectivity index (χ2n) is 9.52. The van der Waals surface area contributed by atoms with E-state index in [1.165, 1.54) is 6.92 Å². The van der Waals surface area contributed by atoms with Crippen molar-refractivity contribution in [2.45, 2.75) is 59.0 Å². The molecule has 0 aromatic carbocycles. The van der Waals surface area contributed by atoms with Gasteiger partial charge in [0.15, 0.2) is 11.6 Å². The first-order valence-electron chi connectivity index (χ1n) is 9.76. The van der Waals surface area contributed by atoms with Gasteiger partial charge in [-0.05, 0) is 56.1 Å². The number of aliphatic hydroxyl groups is 1. The number of Topliss-reactive ketones (excluding diaryl/α,β-unsaturated/α-hetero) is 2. The normalized spacial score (nSPS) is 50.0. The monoisotopic (exact) mass is 356 g/mol. The third-order valence-corrected chi connectivity index (χ3v) is 8.31. The van der Waals surface area contributed by atoms with Crippen LogP contribution >= 0.6 is 0 Å². The lowest BCUT2D eigenvalue weighted by atomic mass is 9.45. The standard InChI is InChI=1S/C22H28O4/c1-12-9-15-16-6-8-22(26,13(2)23)21(16,4)11-18(25)19(15)20(3)7-5-14(24)10-17(12)20/h5,7,10,12,15-16,19,26H,6,8-9,11H2,1-4H3/t12-,15-,16-,19+,20-,21-,22-/m0/s1. The molecule has 0 heterocycles. The zero-order valence-corrected chi connectivity index (χ0v) is 16.0. The molecule has 0 aromatic rings. The molecular weight excluding hydrogens is 328 g/mol. The quantitative estimate of drug-likeness (QED) is 0.784. The first kappa shape index (κ1) is 17.8. The van der Waals surface area contributed by atoms with Crippen LogP contribution in [0.3, 0.4) is 0 Å². The summed E-state index contributed by atoms with van der Waals surface area (Å²) in [5, 5.41) is 11.2. The highest BCUT2D eigenvalue weighted by Crippen LogP contribution is 2.66. The molecule has 0 saturated heterocycles. The molecule has 4 rings (SSSR count). The summed E-state index contributed by atoms with van der Waals surface area (Å²) in [4.78, 5) is 37.6. The van der Waals surface area contributed by atoms with Crippen LogP contribution in [0.4, 0.5) is 0 Å². The van der Waals surface area contributed by atoms with Crippen LogP contribution in [0.25, 0.3) is 0 Å². The van der Waals surface area contributed by atoms with Crippen LogP contribution in [-0.4, -0.2) is 28.1 Å². The van der Waals surface area contributed by atoms with Gasteiger partial charge in [0.05, 0.1) is 0 Å². The summed E-state index contributed by atoms with van der Waals surface area (Å²) in [6.45, 7) is 7.61. The lowest BCUT2D eigenvalue weighted by molar-refractivity contribution is -0.166. The van der Waals surface area contributed by atoms with E-state index in [9.17, 15) is 19.5 Å². The smallest absolute Gasteiger partial charge is 0.178 e. The van der Waals surface area contributed by atoms with Crippen molar-refractivity contribution in [2.75, 3.05) is 0 Å². The molecule has 140 valence electrons. The summed E-state index contributed by atoms with van der Waals surface area (Å²) in [6, 6.07) is 0. The fourth-order valence-electron chi connectivity index (χ4n) is 7.04. The Hall–Kier alpha value is -1.55. The van der Waals surface area contributed by atoms with E-state index in [1.54, 1.807) is 12.2 Å². The molecule has 26 heavy (non-hydrogen) atoms. The fourth-order valence-corrected chi connectivity index (χ4v) is 7.04. The predicted octanol–water partition coefficient (Wildman–Crippen LogP) is 3.04. The third-order valence-electron chi connectivity index (χ3n) is 8.31. The number of allylic oxidation sites excluding steroid dienone is 4. The third kappa shape index (κ3) is 1.97. The van der Waals surface area contributed by atoms with Gasteiger partial charge >= 0.3 is 0 Å². The van der Waals surface area contributed by atoms with Crippen LogP contribution in [0.15, 0.2) is 23.8 Å². The van der Waals surface area contributed by atoms with Gasteiger partial charge in [0, 0.05) is 23.2 Å². The second-order valence-corrected chi connectivity index (χ2v) is 9.52. The molecule has 0 aromatic heterocycles. The zero-order valence-electron chi connectivity index (χ0n) is 16.0. The number of fused-ring (bicyclic) bond motifs is 5. The molecule has 3 fully saturated rings. The van der Waals surface area contributed by atoms with Gasteiger partial charge < -0.3 is 5.11 Å². The summed E-state index contributed by atoms with van der Waals surface area (Å²) in [5.74, 6) is 0.276. The molecule has 4 nitrogen and oxygen atoms in total. The molecule has 0 amide bonds. The second kappa shape index (κ2) is 5.25. The zero-order chi connectivity index (χ0) is 19.1. The molecule has 0 bridgehead atoms. The summed E-state index contributed by atoms with van der Waals surface area (Å²) >= 11 is 0. The Morgan fingerprint density at radius 3 is 2.62 bits per heavy atom. The molecular formula is C22H28O4. The SMILES string of the molecule is CC(=O)[C@@]1(O)CC[C@H]2[C@@H]3C[C@H](C)C4=CC(=O)C=C[C@]4(C)[C@H]3C(=O)C[C@@]21C. The Balaban J connectivity index is 1.81. The van der Waals surface area contributed by atoms with Crippen molar-refractivity contribution in [1.82, 2.24) is 0 Å². The maximum Gasteiger partial charge on any atom is 0.178 e. The number of carbonyl (C=O) groups is 3. The number of hydrogen-bond acceptors (Lipinski definition) is 4. The first-order chi connectivity index (χ1) is 12.0. The van der Waals surface area contributed by atoms with Crippen LogP contribution in [-0.2, 0) is 14.4 Å². The van der Waals surface area contributed by atoms with Gasteiger partial charge in [0.1, 0.15) is 11.4 Å². The van der Waals surface area contributed by atoms with Gasteiger partial charge in [-0.2, -0.15) is 0 Å².